The molecule has 0 aliphatic heterocycles. The highest BCUT2D eigenvalue weighted by Crippen LogP contribution is 2.33. The SMILES string of the molecule is CCCCN(CCCC)C(=O)C(=Cc1ccc(OCc2cnc3ccc(OC)cc3c2OC(C)C)cc1)C(C)=O. The Bertz CT molecular complexity index is 1310. The maximum atomic E-state index is 13.3. The van der Waals surface area contributed by atoms with Crippen molar-refractivity contribution in [3.05, 3.63) is 65.4 Å². The number of methoxy groups -OCH3 is 1. The van der Waals surface area contributed by atoms with Crippen molar-refractivity contribution in [1.82, 2.24) is 9.88 Å². The van der Waals surface area contributed by atoms with E-state index in [0.29, 0.717) is 18.8 Å². The molecule has 0 aliphatic carbocycles. The zero-order valence-electron chi connectivity index (χ0n) is 24.7. The van der Waals surface area contributed by atoms with Gasteiger partial charge in [-0.15, -0.1) is 0 Å². The molecule has 1 heterocycles. The molecule has 0 fully saturated rings. The number of benzene rings is 2. The van der Waals surface area contributed by atoms with Gasteiger partial charge < -0.3 is 19.1 Å². The van der Waals surface area contributed by atoms with Crippen LogP contribution in [0.2, 0.25) is 0 Å². The van der Waals surface area contributed by atoms with E-state index in [1.807, 2.05) is 61.2 Å². The minimum absolute atomic E-state index is 0.0281. The van der Waals surface area contributed by atoms with Gasteiger partial charge in [0.2, 0.25) is 0 Å². The fraction of sp³-hybridized carbons (Fsp3) is 0.424. The van der Waals surface area contributed by atoms with Gasteiger partial charge in [-0.3, -0.25) is 14.6 Å². The van der Waals surface area contributed by atoms with Crippen LogP contribution in [0.1, 0.15) is 71.4 Å². The lowest BCUT2D eigenvalue weighted by Crippen LogP contribution is -2.35. The monoisotopic (exact) mass is 546 g/mol. The second kappa shape index (κ2) is 15.1. The quantitative estimate of drug-likeness (QED) is 0.116. The Hall–Kier alpha value is -3.87. The Kier molecular flexibility index (Phi) is 11.5. The third-order valence-corrected chi connectivity index (χ3v) is 6.50. The summed E-state index contributed by atoms with van der Waals surface area (Å²) in [5.41, 5.74) is 2.60. The van der Waals surface area contributed by atoms with Crippen molar-refractivity contribution in [1.29, 1.82) is 0 Å². The largest absolute Gasteiger partial charge is 0.497 e. The van der Waals surface area contributed by atoms with Gasteiger partial charge in [0.05, 0.1) is 29.9 Å². The third-order valence-electron chi connectivity index (χ3n) is 6.50. The molecule has 7 heteroatoms. The fourth-order valence-corrected chi connectivity index (χ4v) is 4.28. The summed E-state index contributed by atoms with van der Waals surface area (Å²) in [6.45, 7) is 11.2. The number of carbonyl (C=O) groups excluding carboxylic acids is 2. The summed E-state index contributed by atoms with van der Waals surface area (Å²) < 4.78 is 17.7. The fourth-order valence-electron chi connectivity index (χ4n) is 4.28. The van der Waals surface area contributed by atoms with Crippen LogP contribution in [0.15, 0.2) is 54.2 Å². The van der Waals surface area contributed by atoms with Crippen molar-refractivity contribution in [3.8, 4) is 17.2 Å². The van der Waals surface area contributed by atoms with Crippen molar-refractivity contribution in [3.63, 3.8) is 0 Å². The maximum Gasteiger partial charge on any atom is 0.257 e. The van der Waals surface area contributed by atoms with E-state index in [1.165, 1.54) is 6.92 Å². The van der Waals surface area contributed by atoms with E-state index in [2.05, 4.69) is 18.8 Å². The van der Waals surface area contributed by atoms with Crippen LogP contribution in [0.3, 0.4) is 0 Å². The highest BCUT2D eigenvalue weighted by Gasteiger charge is 2.21. The lowest BCUT2D eigenvalue weighted by molar-refractivity contribution is -0.129. The van der Waals surface area contributed by atoms with Crippen LogP contribution in [-0.2, 0) is 16.2 Å². The summed E-state index contributed by atoms with van der Waals surface area (Å²) in [7, 11) is 1.63. The van der Waals surface area contributed by atoms with Crippen molar-refractivity contribution < 1.29 is 23.8 Å². The van der Waals surface area contributed by atoms with Crippen molar-refractivity contribution in [2.24, 2.45) is 0 Å². The number of carbonyl (C=O) groups is 2. The molecular formula is C33H42N2O5. The molecule has 0 atom stereocenters. The lowest BCUT2D eigenvalue weighted by atomic mass is 10.1. The number of aromatic nitrogens is 1. The Labute approximate surface area is 238 Å². The number of fused-ring (bicyclic) bond motifs is 1. The van der Waals surface area contributed by atoms with Crippen LogP contribution in [0, 0.1) is 0 Å². The van der Waals surface area contributed by atoms with Crippen LogP contribution in [0.4, 0.5) is 0 Å². The minimum Gasteiger partial charge on any atom is -0.497 e. The Morgan fingerprint density at radius 1 is 0.975 bits per heavy atom. The molecule has 0 saturated carbocycles. The van der Waals surface area contributed by atoms with Gasteiger partial charge in [0.1, 0.15) is 23.9 Å². The highest BCUT2D eigenvalue weighted by atomic mass is 16.5. The third kappa shape index (κ3) is 8.31. The molecule has 7 nitrogen and oxygen atoms in total. The van der Waals surface area contributed by atoms with Crippen LogP contribution < -0.4 is 14.2 Å². The Balaban J connectivity index is 1.79. The predicted molar refractivity (Wildman–Crippen MR) is 160 cm³/mol. The molecule has 0 spiro atoms. The number of Topliss-reactive ketones (excluding diaryl/α,β-unsaturated/α-hetero) is 1. The molecule has 3 rings (SSSR count). The van der Waals surface area contributed by atoms with Gasteiger partial charge in [0, 0.05) is 24.7 Å². The number of hydrogen-bond donors (Lipinski definition) is 0. The van der Waals surface area contributed by atoms with Gasteiger partial charge >= 0.3 is 0 Å². The molecular weight excluding hydrogens is 504 g/mol. The molecule has 0 radical (unpaired) electrons. The summed E-state index contributed by atoms with van der Waals surface area (Å²) in [5, 5.41) is 0.864. The van der Waals surface area contributed by atoms with E-state index >= 15 is 0 Å². The maximum absolute atomic E-state index is 13.3. The molecule has 0 bridgehead atoms. The Morgan fingerprint density at radius 2 is 1.62 bits per heavy atom. The average molecular weight is 547 g/mol. The van der Waals surface area contributed by atoms with Crippen molar-refractivity contribution >= 4 is 28.7 Å². The zero-order chi connectivity index (χ0) is 29.1. The highest BCUT2D eigenvalue weighted by molar-refractivity contribution is 6.21. The standard InChI is InChI=1S/C33H42N2O5/c1-7-9-17-35(18-10-8-2)33(37)29(24(5)36)19-25-11-13-27(14-12-25)39-22-26-21-34-31-16-15-28(38-6)20-30(31)32(26)40-23(3)4/h11-16,19-21,23H,7-10,17-18,22H2,1-6H3. The van der Waals surface area contributed by atoms with Crippen molar-refractivity contribution in [2.45, 2.75) is 73.0 Å². The van der Waals surface area contributed by atoms with Crippen LogP contribution in [-0.4, -0.2) is 47.9 Å². The molecule has 214 valence electrons. The van der Waals surface area contributed by atoms with E-state index < -0.39 is 0 Å². The van der Waals surface area contributed by atoms with E-state index in [1.54, 1.807) is 19.4 Å². The molecule has 0 unspecified atom stereocenters. The number of unbranched alkanes of at least 4 members (excludes halogenated alkanes) is 2. The first-order chi connectivity index (χ1) is 19.3. The molecule has 0 saturated heterocycles. The smallest absolute Gasteiger partial charge is 0.257 e. The van der Waals surface area contributed by atoms with Gasteiger partial charge in [-0.2, -0.15) is 0 Å². The van der Waals surface area contributed by atoms with Crippen LogP contribution in [0.5, 0.6) is 17.2 Å². The molecule has 1 amide bonds. The summed E-state index contributed by atoms with van der Waals surface area (Å²) in [5.74, 6) is 1.67. The normalized spacial score (nSPS) is 11.5. The lowest BCUT2D eigenvalue weighted by Gasteiger charge is -2.23. The second-order valence-corrected chi connectivity index (χ2v) is 10.1. The zero-order valence-corrected chi connectivity index (χ0v) is 24.7. The van der Waals surface area contributed by atoms with Crippen LogP contribution >= 0.6 is 0 Å². The molecule has 0 N–H and O–H groups in total. The van der Waals surface area contributed by atoms with E-state index in [-0.39, 0.29) is 30.0 Å². The summed E-state index contributed by atoms with van der Waals surface area (Å²) in [6.07, 6.45) is 7.23. The van der Waals surface area contributed by atoms with E-state index in [9.17, 15) is 9.59 Å². The summed E-state index contributed by atoms with van der Waals surface area (Å²) >= 11 is 0. The van der Waals surface area contributed by atoms with Gasteiger partial charge in [-0.1, -0.05) is 38.8 Å². The molecule has 40 heavy (non-hydrogen) atoms. The topological polar surface area (TPSA) is 78.0 Å². The first-order valence-corrected chi connectivity index (χ1v) is 14.1. The van der Waals surface area contributed by atoms with Crippen molar-refractivity contribution in [2.75, 3.05) is 20.2 Å². The number of amides is 1. The molecule has 1 aromatic heterocycles. The number of ketones is 1. The van der Waals surface area contributed by atoms with Gasteiger partial charge in [0.25, 0.3) is 5.91 Å². The first-order valence-electron chi connectivity index (χ1n) is 14.1. The number of hydrogen-bond acceptors (Lipinski definition) is 6. The van der Waals surface area contributed by atoms with E-state index in [4.69, 9.17) is 14.2 Å². The first kappa shape index (κ1) is 30.7. The summed E-state index contributed by atoms with van der Waals surface area (Å²) in [4.78, 5) is 32.1. The number of ether oxygens (including phenoxy) is 3. The molecule has 2 aromatic carbocycles. The average Bonchev–Trinajstić information content (AvgIpc) is 2.95. The Morgan fingerprint density at radius 3 is 2.20 bits per heavy atom. The van der Waals surface area contributed by atoms with E-state index in [0.717, 1.165) is 59.2 Å². The van der Waals surface area contributed by atoms with Gasteiger partial charge in [0.15, 0.2) is 5.78 Å². The number of nitrogens with zero attached hydrogens (tertiary/aromatic N) is 2. The summed E-state index contributed by atoms with van der Waals surface area (Å²) in [6, 6.07) is 13.1. The molecule has 0 aliphatic rings. The van der Waals surface area contributed by atoms with Gasteiger partial charge in [-0.05, 0) is 75.6 Å². The van der Waals surface area contributed by atoms with Crippen LogP contribution in [0.25, 0.3) is 17.0 Å². The second-order valence-electron chi connectivity index (χ2n) is 10.1. The minimum atomic E-state index is -0.235. The van der Waals surface area contributed by atoms with Gasteiger partial charge in [-0.25, -0.2) is 0 Å². The number of rotatable bonds is 15. The number of pyridine rings is 1. The molecule has 3 aromatic rings. The predicted octanol–water partition coefficient (Wildman–Crippen LogP) is 7.01.